The van der Waals surface area contributed by atoms with Gasteiger partial charge < -0.3 is 19.7 Å². The first-order valence-electron chi connectivity index (χ1n) is 12.0. The molecule has 0 radical (unpaired) electrons. The molecule has 0 saturated carbocycles. The van der Waals surface area contributed by atoms with E-state index in [0.29, 0.717) is 31.6 Å². The zero-order chi connectivity index (χ0) is 22.8. The summed E-state index contributed by atoms with van der Waals surface area (Å²) >= 11 is 0. The lowest BCUT2D eigenvalue weighted by molar-refractivity contribution is -0.133. The second-order valence-electron chi connectivity index (χ2n) is 9.73. The highest BCUT2D eigenvalue weighted by atomic mass is 16.7. The maximum absolute atomic E-state index is 13.2. The maximum Gasteiger partial charge on any atom is 0.231 e. The molecule has 2 fully saturated rings. The van der Waals surface area contributed by atoms with Gasteiger partial charge in [0.1, 0.15) is 0 Å². The van der Waals surface area contributed by atoms with Crippen molar-refractivity contribution in [1.82, 2.24) is 10.2 Å². The molecule has 3 aliphatic heterocycles. The third kappa shape index (κ3) is 4.70. The number of amides is 2. The minimum absolute atomic E-state index is 0.0702. The molecule has 2 atom stereocenters. The molecule has 2 aromatic carbocycles. The van der Waals surface area contributed by atoms with Gasteiger partial charge in [-0.2, -0.15) is 0 Å². The van der Waals surface area contributed by atoms with Crippen LogP contribution in [-0.2, 0) is 16.0 Å². The predicted octanol–water partition coefficient (Wildman–Crippen LogP) is 4.10. The second kappa shape index (κ2) is 9.08. The van der Waals surface area contributed by atoms with Crippen molar-refractivity contribution in [3.05, 3.63) is 59.2 Å². The quantitative estimate of drug-likeness (QED) is 0.723. The zero-order valence-corrected chi connectivity index (χ0v) is 19.3. The standard InChI is InChI=1S/C27H32N2O4/c1-19-5-2-3-7-22(19)21-6-4-14-29(17-21)26(31)11-13-27(12-10-25(30)28-27)16-20-8-9-23-24(15-20)33-18-32-23/h2-3,5,7-9,15,21H,4,6,10-14,16-18H2,1H3,(H,28,30). The van der Waals surface area contributed by atoms with Crippen molar-refractivity contribution < 1.29 is 19.1 Å². The van der Waals surface area contributed by atoms with Crippen molar-refractivity contribution >= 4 is 11.8 Å². The van der Waals surface area contributed by atoms with Crippen LogP contribution in [0.5, 0.6) is 11.5 Å². The number of nitrogens with zero attached hydrogens (tertiary/aromatic N) is 1. The van der Waals surface area contributed by atoms with Crippen molar-refractivity contribution in [3.63, 3.8) is 0 Å². The highest BCUT2D eigenvalue weighted by Gasteiger charge is 2.39. The summed E-state index contributed by atoms with van der Waals surface area (Å²) < 4.78 is 10.9. The van der Waals surface area contributed by atoms with E-state index in [4.69, 9.17) is 9.47 Å². The number of hydrogen-bond acceptors (Lipinski definition) is 4. The Hall–Kier alpha value is -3.02. The van der Waals surface area contributed by atoms with E-state index in [-0.39, 0.29) is 24.1 Å². The molecule has 3 heterocycles. The van der Waals surface area contributed by atoms with Crippen molar-refractivity contribution in [2.45, 2.75) is 63.3 Å². The molecule has 2 aromatic rings. The van der Waals surface area contributed by atoms with Crippen LogP contribution in [-0.4, -0.2) is 42.1 Å². The smallest absolute Gasteiger partial charge is 0.231 e. The lowest BCUT2D eigenvalue weighted by atomic mass is 9.84. The molecule has 2 amide bonds. The molecule has 0 bridgehead atoms. The molecular formula is C27H32N2O4. The number of aryl methyl sites for hydroxylation is 1. The summed E-state index contributed by atoms with van der Waals surface area (Å²) in [5, 5.41) is 3.20. The van der Waals surface area contributed by atoms with Gasteiger partial charge in [-0.05, 0) is 67.9 Å². The summed E-state index contributed by atoms with van der Waals surface area (Å²) in [6, 6.07) is 14.5. The Morgan fingerprint density at radius 3 is 2.85 bits per heavy atom. The van der Waals surface area contributed by atoms with E-state index in [0.717, 1.165) is 49.4 Å². The van der Waals surface area contributed by atoms with Crippen LogP contribution in [0.15, 0.2) is 42.5 Å². The van der Waals surface area contributed by atoms with Gasteiger partial charge in [0.15, 0.2) is 11.5 Å². The Morgan fingerprint density at radius 1 is 1.18 bits per heavy atom. The summed E-state index contributed by atoms with van der Waals surface area (Å²) in [4.78, 5) is 27.4. The molecule has 2 saturated heterocycles. The first kappa shape index (κ1) is 21.8. The molecule has 0 aliphatic carbocycles. The summed E-state index contributed by atoms with van der Waals surface area (Å²) in [6.45, 7) is 4.00. The number of ether oxygens (including phenoxy) is 2. The minimum atomic E-state index is -0.383. The number of benzene rings is 2. The SMILES string of the molecule is Cc1ccccc1C1CCCN(C(=O)CCC2(Cc3ccc4c(c3)OCO4)CCC(=O)N2)C1. The number of carbonyl (C=O) groups is 2. The van der Waals surface area contributed by atoms with Crippen LogP contribution in [0.3, 0.4) is 0 Å². The van der Waals surface area contributed by atoms with Crippen molar-refractivity contribution in [2.24, 2.45) is 0 Å². The summed E-state index contributed by atoms with van der Waals surface area (Å²) in [5.74, 6) is 2.17. The van der Waals surface area contributed by atoms with E-state index in [1.165, 1.54) is 11.1 Å². The van der Waals surface area contributed by atoms with Crippen LogP contribution in [0, 0.1) is 6.92 Å². The number of fused-ring (bicyclic) bond motifs is 1. The molecule has 3 aliphatic rings. The summed E-state index contributed by atoms with van der Waals surface area (Å²) in [6.07, 6.45) is 5.21. The molecule has 1 N–H and O–H groups in total. The molecule has 0 aromatic heterocycles. The van der Waals surface area contributed by atoms with E-state index in [1.807, 2.05) is 23.1 Å². The second-order valence-corrected chi connectivity index (χ2v) is 9.73. The fraction of sp³-hybridized carbons (Fsp3) is 0.481. The normalized spacial score (nSPS) is 24.1. The molecule has 174 valence electrons. The van der Waals surface area contributed by atoms with Gasteiger partial charge in [-0.3, -0.25) is 9.59 Å². The van der Waals surface area contributed by atoms with Gasteiger partial charge in [0.05, 0.1) is 0 Å². The average molecular weight is 449 g/mol. The zero-order valence-electron chi connectivity index (χ0n) is 19.3. The monoisotopic (exact) mass is 448 g/mol. The van der Waals surface area contributed by atoms with E-state index in [1.54, 1.807) is 0 Å². The van der Waals surface area contributed by atoms with Gasteiger partial charge in [-0.1, -0.05) is 30.3 Å². The van der Waals surface area contributed by atoms with Crippen molar-refractivity contribution in [1.29, 1.82) is 0 Å². The van der Waals surface area contributed by atoms with Crippen LogP contribution in [0.2, 0.25) is 0 Å². The lowest BCUT2D eigenvalue weighted by Gasteiger charge is -2.35. The lowest BCUT2D eigenvalue weighted by Crippen LogP contribution is -2.45. The molecule has 0 spiro atoms. The first-order chi connectivity index (χ1) is 16.0. The molecule has 33 heavy (non-hydrogen) atoms. The average Bonchev–Trinajstić information content (AvgIpc) is 3.44. The van der Waals surface area contributed by atoms with Crippen LogP contribution in [0.25, 0.3) is 0 Å². The van der Waals surface area contributed by atoms with Gasteiger partial charge >= 0.3 is 0 Å². The summed E-state index contributed by atoms with van der Waals surface area (Å²) in [7, 11) is 0. The molecule has 6 nitrogen and oxygen atoms in total. The highest BCUT2D eigenvalue weighted by Crippen LogP contribution is 2.36. The fourth-order valence-corrected chi connectivity index (χ4v) is 5.63. The Labute approximate surface area is 195 Å². The number of piperidine rings is 1. The van der Waals surface area contributed by atoms with Gasteiger partial charge in [0.2, 0.25) is 18.6 Å². The third-order valence-corrected chi connectivity index (χ3v) is 7.43. The Morgan fingerprint density at radius 2 is 2.03 bits per heavy atom. The van der Waals surface area contributed by atoms with Gasteiger partial charge in [0.25, 0.3) is 0 Å². The van der Waals surface area contributed by atoms with E-state index < -0.39 is 0 Å². The Kier molecular flexibility index (Phi) is 6.00. The van der Waals surface area contributed by atoms with E-state index in [9.17, 15) is 9.59 Å². The van der Waals surface area contributed by atoms with E-state index >= 15 is 0 Å². The molecular weight excluding hydrogens is 416 g/mol. The van der Waals surface area contributed by atoms with E-state index in [2.05, 4.69) is 36.5 Å². The number of likely N-dealkylation sites (tertiary alicyclic amines) is 1. The van der Waals surface area contributed by atoms with Crippen LogP contribution >= 0.6 is 0 Å². The Balaban J connectivity index is 1.24. The van der Waals surface area contributed by atoms with Crippen LogP contribution in [0.4, 0.5) is 0 Å². The topological polar surface area (TPSA) is 67.9 Å². The van der Waals surface area contributed by atoms with Crippen molar-refractivity contribution in [2.75, 3.05) is 19.9 Å². The largest absolute Gasteiger partial charge is 0.454 e. The van der Waals surface area contributed by atoms with Crippen LogP contribution in [0.1, 0.15) is 61.1 Å². The number of rotatable bonds is 6. The maximum atomic E-state index is 13.2. The van der Waals surface area contributed by atoms with Gasteiger partial charge in [-0.25, -0.2) is 0 Å². The fourth-order valence-electron chi connectivity index (χ4n) is 5.63. The molecule has 2 unspecified atom stereocenters. The number of hydrogen-bond donors (Lipinski definition) is 1. The predicted molar refractivity (Wildman–Crippen MR) is 125 cm³/mol. The van der Waals surface area contributed by atoms with Gasteiger partial charge in [0, 0.05) is 37.4 Å². The molecule has 5 rings (SSSR count). The summed E-state index contributed by atoms with van der Waals surface area (Å²) in [5.41, 5.74) is 3.36. The van der Waals surface area contributed by atoms with Crippen molar-refractivity contribution in [3.8, 4) is 11.5 Å². The Bertz CT molecular complexity index is 1050. The highest BCUT2D eigenvalue weighted by molar-refractivity contribution is 5.80. The number of carbonyl (C=O) groups excluding carboxylic acids is 2. The third-order valence-electron chi connectivity index (χ3n) is 7.43. The molecule has 6 heteroatoms. The van der Waals surface area contributed by atoms with Crippen LogP contribution < -0.4 is 14.8 Å². The number of nitrogens with one attached hydrogen (secondary N) is 1. The minimum Gasteiger partial charge on any atom is -0.454 e. The van der Waals surface area contributed by atoms with Gasteiger partial charge in [-0.15, -0.1) is 0 Å². The first-order valence-corrected chi connectivity index (χ1v) is 12.0.